The highest BCUT2D eigenvalue weighted by Gasteiger charge is 2.50. The quantitative estimate of drug-likeness (QED) is 0.0877. The summed E-state index contributed by atoms with van der Waals surface area (Å²) in [5.41, 5.74) is 6.16. The molecule has 16 heteroatoms. The fraction of sp³-hybridized carbons (Fsp3) is 0.143. The standard InChI is InChI=1S/C56H56N4O8P4/c1-41-25-9-17-33-49(41)61-69(62-50-34-18-10-26-42(50)2)57-70(63-51-35-19-11-27-43(51)3,64-52-36-20-12-28-44(52)4)59-72(67-55-39-23-15-31-47(55)7,68-56-40-24-16-32-48(56)8)60-71(58-69,65-53-37-21-13-29-45(53)5)66-54-38-22-14-30-46(54)6/h9-40H,1-8H3. The van der Waals surface area contributed by atoms with Gasteiger partial charge in [-0.3, -0.25) is 0 Å². The van der Waals surface area contributed by atoms with E-state index in [-0.39, 0.29) is 0 Å². The molecule has 0 aromatic heterocycles. The van der Waals surface area contributed by atoms with E-state index in [0.29, 0.717) is 46.0 Å². The number of nitrogens with zero attached hydrogens (tertiary/aromatic N) is 4. The molecule has 12 nitrogen and oxygen atoms in total. The van der Waals surface area contributed by atoms with E-state index in [4.69, 9.17) is 54.3 Å². The molecule has 0 saturated heterocycles. The maximum absolute atomic E-state index is 7.40. The molecule has 0 unspecified atom stereocenters. The van der Waals surface area contributed by atoms with Crippen molar-refractivity contribution in [2.24, 2.45) is 18.1 Å². The first kappa shape index (κ1) is 50.0. The first-order valence-electron chi connectivity index (χ1n) is 23.3. The number of aryl methyl sites for hydroxylation is 8. The van der Waals surface area contributed by atoms with Crippen molar-refractivity contribution in [3.05, 3.63) is 239 Å². The molecule has 0 saturated carbocycles. The van der Waals surface area contributed by atoms with E-state index in [0.717, 1.165) is 44.5 Å². The van der Waals surface area contributed by atoms with Gasteiger partial charge in [-0.05, 0) is 148 Å². The lowest BCUT2D eigenvalue weighted by Gasteiger charge is -2.34. The average Bonchev–Trinajstić information content (AvgIpc) is 3.35. The van der Waals surface area contributed by atoms with Gasteiger partial charge in [0.15, 0.2) is 0 Å². The predicted octanol–water partition coefficient (Wildman–Crippen LogP) is 18.9. The molecule has 0 amide bonds. The zero-order chi connectivity index (χ0) is 50.4. The van der Waals surface area contributed by atoms with Gasteiger partial charge in [-0.1, -0.05) is 164 Å². The topological polar surface area (TPSA) is 123 Å². The zero-order valence-electron chi connectivity index (χ0n) is 41.3. The second-order valence-corrected chi connectivity index (χ2v) is 25.4. The van der Waals surface area contributed by atoms with Crippen molar-refractivity contribution in [2.75, 3.05) is 0 Å². The van der Waals surface area contributed by atoms with Crippen LogP contribution in [-0.4, -0.2) is 0 Å². The smallest absolute Gasteiger partial charge is 0.413 e. The Hall–Kier alpha value is -6.92. The van der Waals surface area contributed by atoms with Gasteiger partial charge in [-0.15, -0.1) is 0 Å². The highest BCUT2D eigenvalue weighted by atomic mass is 31.3. The van der Waals surface area contributed by atoms with Crippen LogP contribution in [-0.2, 0) is 0 Å². The summed E-state index contributed by atoms with van der Waals surface area (Å²) in [5, 5.41) is 0. The van der Waals surface area contributed by atoms with Crippen LogP contribution in [0.1, 0.15) is 44.5 Å². The van der Waals surface area contributed by atoms with Gasteiger partial charge >= 0.3 is 30.6 Å². The summed E-state index contributed by atoms with van der Waals surface area (Å²) in [7, 11) is -17.9. The number of hydrogen-bond acceptors (Lipinski definition) is 12. The van der Waals surface area contributed by atoms with Crippen LogP contribution < -0.4 is 36.2 Å². The lowest BCUT2D eigenvalue weighted by atomic mass is 10.2. The summed E-state index contributed by atoms with van der Waals surface area (Å²) in [6.07, 6.45) is 0. The van der Waals surface area contributed by atoms with Gasteiger partial charge in [0, 0.05) is 0 Å². The maximum atomic E-state index is 7.40. The minimum absolute atomic E-state index is 0.413. The number of hydrogen-bond donors (Lipinski definition) is 0. The molecule has 0 atom stereocenters. The lowest BCUT2D eigenvalue weighted by molar-refractivity contribution is 0.440. The third kappa shape index (κ3) is 11.5. The fourth-order valence-electron chi connectivity index (χ4n) is 7.31. The average molecular weight is 1040 g/mol. The molecule has 1 heterocycles. The highest BCUT2D eigenvalue weighted by molar-refractivity contribution is 7.79. The van der Waals surface area contributed by atoms with Crippen LogP contribution in [0.15, 0.2) is 212 Å². The normalized spacial score (nSPS) is 15.0. The molecule has 0 radical (unpaired) electrons. The van der Waals surface area contributed by atoms with Gasteiger partial charge < -0.3 is 36.2 Å². The molecule has 72 heavy (non-hydrogen) atoms. The first-order valence-corrected chi connectivity index (χ1v) is 29.4. The molecule has 9 rings (SSSR count). The molecular weight excluding hydrogens is 981 g/mol. The van der Waals surface area contributed by atoms with Crippen molar-refractivity contribution in [3.63, 3.8) is 0 Å². The monoisotopic (exact) mass is 1040 g/mol. The van der Waals surface area contributed by atoms with E-state index in [1.165, 1.54) is 0 Å². The molecule has 1 aliphatic heterocycles. The molecule has 0 aliphatic carbocycles. The summed E-state index contributed by atoms with van der Waals surface area (Å²) < 4.78 is 82.2. The summed E-state index contributed by atoms with van der Waals surface area (Å²) >= 11 is 0. The van der Waals surface area contributed by atoms with Crippen molar-refractivity contribution in [1.82, 2.24) is 0 Å². The van der Waals surface area contributed by atoms with E-state index < -0.39 is 30.6 Å². The Morgan fingerprint density at radius 3 is 0.417 bits per heavy atom. The van der Waals surface area contributed by atoms with E-state index in [1.807, 2.05) is 250 Å². The third-order valence-corrected chi connectivity index (χ3v) is 22.1. The number of benzene rings is 8. The molecule has 368 valence electrons. The van der Waals surface area contributed by atoms with E-state index >= 15 is 0 Å². The summed E-state index contributed by atoms with van der Waals surface area (Å²) in [4.78, 5) is 0. The molecule has 0 fully saturated rings. The van der Waals surface area contributed by atoms with Gasteiger partial charge in [0.2, 0.25) is 0 Å². The number of rotatable bonds is 16. The van der Waals surface area contributed by atoms with Gasteiger partial charge in [0.25, 0.3) is 0 Å². The molecule has 0 spiro atoms. The first-order chi connectivity index (χ1) is 34.7. The lowest BCUT2D eigenvalue weighted by Crippen LogP contribution is -2.12. The second-order valence-electron chi connectivity index (χ2n) is 17.2. The SMILES string of the molecule is Cc1ccccc1OP1(Oc2ccccc2C)=NP(Oc2ccccc2C)(Oc2ccccc2C)=NP(Oc2ccccc2C)(Oc2ccccc2C)=NP(Oc2ccccc2C)(Oc2ccccc2C)=N1. The molecule has 8 aromatic carbocycles. The number of para-hydroxylation sites is 8. The Labute approximate surface area is 423 Å². The largest absolute Gasteiger partial charge is 0.460 e. The van der Waals surface area contributed by atoms with Gasteiger partial charge in [0.1, 0.15) is 46.0 Å². The Bertz CT molecular complexity index is 2840. The maximum Gasteiger partial charge on any atom is 0.460 e. The molecule has 1 aliphatic rings. The fourth-order valence-corrected chi connectivity index (χ4v) is 19.9. The van der Waals surface area contributed by atoms with E-state index in [2.05, 4.69) is 0 Å². The Kier molecular flexibility index (Phi) is 14.9. The summed E-state index contributed by atoms with van der Waals surface area (Å²) in [5.74, 6) is 3.30. The zero-order valence-corrected chi connectivity index (χ0v) is 44.9. The van der Waals surface area contributed by atoms with Crippen molar-refractivity contribution >= 4 is 30.6 Å². The molecule has 8 aromatic rings. The minimum atomic E-state index is -4.48. The van der Waals surface area contributed by atoms with E-state index in [1.54, 1.807) is 0 Å². The summed E-state index contributed by atoms with van der Waals surface area (Å²) in [6.45, 7) is 15.5. The predicted molar refractivity (Wildman–Crippen MR) is 292 cm³/mol. The summed E-state index contributed by atoms with van der Waals surface area (Å²) in [6, 6.07) is 60.6. The Morgan fingerprint density at radius 2 is 0.306 bits per heavy atom. The van der Waals surface area contributed by atoms with Crippen LogP contribution in [0.3, 0.4) is 0 Å². The second kappa shape index (κ2) is 21.4. The van der Waals surface area contributed by atoms with Crippen LogP contribution in [0, 0.1) is 55.4 Å². The van der Waals surface area contributed by atoms with Gasteiger partial charge in [-0.2, -0.15) is 0 Å². The highest BCUT2D eigenvalue weighted by Crippen LogP contribution is 2.79. The van der Waals surface area contributed by atoms with Crippen LogP contribution in [0.25, 0.3) is 0 Å². The van der Waals surface area contributed by atoms with Crippen molar-refractivity contribution in [3.8, 4) is 46.0 Å². The van der Waals surface area contributed by atoms with Crippen molar-refractivity contribution in [1.29, 1.82) is 0 Å². The van der Waals surface area contributed by atoms with Crippen LogP contribution in [0.2, 0.25) is 0 Å². The van der Waals surface area contributed by atoms with Crippen LogP contribution in [0.4, 0.5) is 0 Å². The van der Waals surface area contributed by atoms with Gasteiger partial charge in [0.05, 0.1) is 0 Å². The van der Waals surface area contributed by atoms with E-state index in [9.17, 15) is 0 Å². The molecular formula is C56H56N4O8P4. The van der Waals surface area contributed by atoms with Crippen LogP contribution in [0.5, 0.6) is 46.0 Å². The minimum Gasteiger partial charge on any atom is -0.413 e. The van der Waals surface area contributed by atoms with Gasteiger partial charge in [-0.25, -0.2) is 0 Å². The Morgan fingerprint density at radius 1 is 0.194 bits per heavy atom. The molecule has 0 N–H and O–H groups in total. The van der Waals surface area contributed by atoms with Crippen LogP contribution >= 0.6 is 30.6 Å². The van der Waals surface area contributed by atoms with Crippen molar-refractivity contribution in [2.45, 2.75) is 55.4 Å². The molecule has 0 bridgehead atoms. The third-order valence-electron chi connectivity index (χ3n) is 11.4. The van der Waals surface area contributed by atoms with Crippen molar-refractivity contribution < 1.29 is 36.2 Å². The Balaban J connectivity index is 1.55.